The van der Waals surface area contributed by atoms with Gasteiger partial charge in [-0.1, -0.05) is 35.9 Å². The Labute approximate surface area is 194 Å². The molecule has 8 heteroatoms. The number of halogens is 1. The predicted octanol–water partition coefficient (Wildman–Crippen LogP) is 4.22. The Morgan fingerprint density at radius 1 is 1.03 bits per heavy atom. The topological polar surface area (TPSA) is 75.7 Å². The summed E-state index contributed by atoms with van der Waals surface area (Å²) >= 11 is 0. The Kier molecular flexibility index (Phi) is 7.71. The molecule has 0 aliphatic carbocycles. The Morgan fingerprint density at radius 2 is 1.76 bits per heavy atom. The number of carbonyl (C=O) groups excluding carboxylic acids is 1. The number of hydrogen-bond donors (Lipinski definition) is 1. The zero-order chi connectivity index (χ0) is 24.0. The van der Waals surface area contributed by atoms with E-state index in [4.69, 9.17) is 4.74 Å². The van der Waals surface area contributed by atoms with Crippen molar-refractivity contribution in [3.05, 3.63) is 94.8 Å². The number of aryl methyl sites for hydroxylation is 2. The zero-order valence-electron chi connectivity index (χ0n) is 18.8. The number of amides is 1. The van der Waals surface area contributed by atoms with E-state index < -0.39 is 15.8 Å². The van der Waals surface area contributed by atoms with Gasteiger partial charge in [-0.3, -0.25) is 9.10 Å². The Hall–Kier alpha value is -3.39. The van der Waals surface area contributed by atoms with E-state index in [0.717, 1.165) is 27.4 Å². The van der Waals surface area contributed by atoms with Crippen LogP contribution >= 0.6 is 0 Å². The van der Waals surface area contributed by atoms with Crippen molar-refractivity contribution in [1.82, 2.24) is 5.32 Å². The molecule has 0 saturated carbocycles. The highest BCUT2D eigenvalue weighted by atomic mass is 32.2. The lowest BCUT2D eigenvalue weighted by molar-refractivity contribution is 0.0947. The summed E-state index contributed by atoms with van der Waals surface area (Å²) in [4.78, 5) is 12.4. The van der Waals surface area contributed by atoms with Gasteiger partial charge in [0.05, 0.1) is 25.0 Å². The first-order valence-electron chi connectivity index (χ1n) is 10.4. The third-order valence-electron chi connectivity index (χ3n) is 5.01. The van der Waals surface area contributed by atoms with E-state index in [1.165, 1.54) is 24.3 Å². The number of rotatable bonds is 9. The van der Waals surface area contributed by atoms with Crippen LogP contribution in [0.25, 0.3) is 0 Å². The maximum atomic E-state index is 13.6. The number of nitrogens with zero attached hydrogens (tertiary/aromatic N) is 1. The van der Waals surface area contributed by atoms with Crippen molar-refractivity contribution in [2.45, 2.75) is 20.4 Å². The number of anilines is 1. The summed E-state index contributed by atoms with van der Waals surface area (Å²) in [6.07, 6.45) is 1.07. The van der Waals surface area contributed by atoms with Crippen LogP contribution < -0.4 is 14.4 Å². The molecule has 0 aliphatic rings. The third kappa shape index (κ3) is 6.79. The summed E-state index contributed by atoms with van der Waals surface area (Å²) in [5.74, 6) is 0.0125. The fourth-order valence-corrected chi connectivity index (χ4v) is 4.23. The van der Waals surface area contributed by atoms with Crippen LogP contribution in [0.2, 0.25) is 0 Å². The standard InChI is InChI=1S/C25H27FN2O4S/c1-18-7-12-24(19(2)15-18)32-14-13-27-25(29)21-10-8-20(9-11-21)17-28(33(3,30)31)23-6-4-5-22(26)16-23/h4-12,15-16H,13-14,17H2,1-3H3,(H,27,29). The molecular weight excluding hydrogens is 443 g/mol. The van der Waals surface area contributed by atoms with Gasteiger partial charge in [-0.25, -0.2) is 12.8 Å². The highest BCUT2D eigenvalue weighted by Gasteiger charge is 2.18. The SMILES string of the molecule is Cc1ccc(OCCNC(=O)c2ccc(CN(c3cccc(F)c3)S(C)(=O)=O)cc2)c(C)c1. The summed E-state index contributed by atoms with van der Waals surface area (Å²) in [6, 6.07) is 17.9. The van der Waals surface area contributed by atoms with Gasteiger partial charge >= 0.3 is 0 Å². The van der Waals surface area contributed by atoms with Crippen molar-refractivity contribution in [3.8, 4) is 5.75 Å². The number of sulfonamides is 1. The normalized spacial score (nSPS) is 11.2. The zero-order valence-corrected chi connectivity index (χ0v) is 19.7. The van der Waals surface area contributed by atoms with Crippen LogP contribution in [0.1, 0.15) is 27.0 Å². The van der Waals surface area contributed by atoms with Crippen molar-refractivity contribution < 1.29 is 22.3 Å². The van der Waals surface area contributed by atoms with Crippen molar-refractivity contribution in [2.24, 2.45) is 0 Å². The number of nitrogens with one attached hydrogen (secondary N) is 1. The first-order chi connectivity index (χ1) is 15.6. The second-order valence-electron chi connectivity index (χ2n) is 7.82. The fraction of sp³-hybridized carbons (Fsp3) is 0.240. The molecule has 0 aliphatic heterocycles. The van der Waals surface area contributed by atoms with Gasteiger partial charge in [-0.05, 0) is 61.4 Å². The second kappa shape index (κ2) is 10.5. The van der Waals surface area contributed by atoms with Gasteiger partial charge in [-0.15, -0.1) is 0 Å². The minimum absolute atomic E-state index is 0.0218. The van der Waals surface area contributed by atoms with Crippen molar-refractivity contribution in [2.75, 3.05) is 23.7 Å². The summed E-state index contributed by atoms with van der Waals surface area (Å²) in [6.45, 7) is 4.69. The van der Waals surface area contributed by atoms with Gasteiger partial charge in [0.1, 0.15) is 18.2 Å². The largest absolute Gasteiger partial charge is 0.491 e. The van der Waals surface area contributed by atoms with Crippen LogP contribution in [0.15, 0.2) is 66.7 Å². The van der Waals surface area contributed by atoms with Crippen LogP contribution in [-0.2, 0) is 16.6 Å². The van der Waals surface area contributed by atoms with E-state index in [1.807, 2.05) is 32.0 Å². The van der Waals surface area contributed by atoms with E-state index in [2.05, 4.69) is 5.32 Å². The molecule has 0 unspecified atom stereocenters. The maximum absolute atomic E-state index is 13.6. The number of carbonyl (C=O) groups is 1. The maximum Gasteiger partial charge on any atom is 0.251 e. The van der Waals surface area contributed by atoms with Gasteiger partial charge < -0.3 is 10.1 Å². The molecular formula is C25H27FN2O4S. The van der Waals surface area contributed by atoms with E-state index >= 15 is 0 Å². The molecule has 33 heavy (non-hydrogen) atoms. The highest BCUT2D eigenvalue weighted by molar-refractivity contribution is 7.92. The van der Waals surface area contributed by atoms with Gasteiger partial charge in [0, 0.05) is 5.56 Å². The lowest BCUT2D eigenvalue weighted by Crippen LogP contribution is -2.29. The van der Waals surface area contributed by atoms with Gasteiger partial charge in [-0.2, -0.15) is 0 Å². The van der Waals surface area contributed by atoms with Gasteiger partial charge in [0.2, 0.25) is 10.0 Å². The van der Waals surface area contributed by atoms with E-state index in [-0.39, 0.29) is 18.1 Å². The molecule has 0 aromatic heterocycles. The van der Waals surface area contributed by atoms with Gasteiger partial charge in [0.25, 0.3) is 5.91 Å². The summed E-state index contributed by atoms with van der Waals surface area (Å²) in [5, 5.41) is 2.80. The molecule has 174 valence electrons. The smallest absolute Gasteiger partial charge is 0.251 e. The van der Waals surface area contributed by atoms with Crippen LogP contribution in [0, 0.1) is 19.7 Å². The van der Waals surface area contributed by atoms with Crippen molar-refractivity contribution >= 4 is 21.6 Å². The Bertz CT molecular complexity index is 1230. The molecule has 0 saturated heterocycles. The Morgan fingerprint density at radius 3 is 2.39 bits per heavy atom. The number of benzene rings is 3. The minimum Gasteiger partial charge on any atom is -0.491 e. The monoisotopic (exact) mass is 470 g/mol. The predicted molar refractivity (Wildman–Crippen MR) is 128 cm³/mol. The summed E-state index contributed by atoms with van der Waals surface area (Å²) in [7, 11) is -3.63. The molecule has 3 rings (SSSR count). The molecule has 0 fully saturated rings. The van der Waals surface area contributed by atoms with Crippen LogP contribution in [0.4, 0.5) is 10.1 Å². The fourth-order valence-electron chi connectivity index (χ4n) is 3.35. The van der Waals surface area contributed by atoms with Crippen LogP contribution in [0.5, 0.6) is 5.75 Å². The minimum atomic E-state index is -3.63. The molecule has 0 atom stereocenters. The molecule has 0 bridgehead atoms. The average Bonchev–Trinajstić information content (AvgIpc) is 2.75. The molecule has 3 aromatic rings. The highest BCUT2D eigenvalue weighted by Crippen LogP contribution is 2.22. The van der Waals surface area contributed by atoms with E-state index in [0.29, 0.717) is 24.3 Å². The third-order valence-corrected chi connectivity index (χ3v) is 6.16. The molecule has 0 spiro atoms. The molecule has 0 heterocycles. The van der Waals surface area contributed by atoms with Gasteiger partial charge in [0.15, 0.2) is 0 Å². The van der Waals surface area contributed by atoms with Crippen LogP contribution in [0.3, 0.4) is 0 Å². The number of hydrogen-bond acceptors (Lipinski definition) is 4. The number of ether oxygens (including phenoxy) is 1. The van der Waals surface area contributed by atoms with E-state index in [9.17, 15) is 17.6 Å². The lowest BCUT2D eigenvalue weighted by Gasteiger charge is -2.22. The molecule has 1 amide bonds. The quantitative estimate of drug-likeness (QED) is 0.475. The molecule has 0 radical (unpaired) electrons. The van der Waals surface area contributed by atoms with Crippen LogP contribution in [-0.4, -0.2) is 33.7 Å². The van der Waals surface area contributed by atoms with Crippen molar-refractivity contribution in [3.63, 3.8) is 0 Å². The molecule has 6 nitrogen and oxygen atoms in total. The summed E-state index contributed by atoms with van der Waals surface area (Å²) < 4.78 is 44.9. The summed E-state index contributed by atoms with van der Waals surface area (Å²) in [5.41, 5.74) is 3.55. The molecule has 1 N–H and O–H groups in total. The first-order valence-corrected chi connectivity index (χ1v) is 12.3. The molecule has 3 aromatic carbocycles. The first kappa shape index (κ1) is 24.3. The lowest BCUT2D eigenvalue weighted by atomic mass is 10.1. The van der Waals surface area contributed by atoms with E-state index in [1.54, 1.807) is 24.3 Å². The van der Waals surface area contributed by atoms with Crippen molar-refractivity contribution in [1.29, 1.82) is 0 Å². The Balaban J connectivity index is 1.57. The second-order valence-corrected chi connectivity index (χ2v) is 9.73. The average molecular weight is 471 g/mol.